The van der Waals surface area contributed by atoms with Gasteiger partial charge in [0.2, 0.25) is 0 Å². The first-order valence-electron chi connectivity index (χ1n) is 8.26. The van der Waals surface area contributed by atoms with Gasteiger partial charge in [0.1, 0.15) is 0 Å². The number of nitrogens with one attached hydrogen (secondary N) is 1. The molecule has 4 nitrogen and oxygen atoms in total. The molecule has 0 aliphatic heterocycles. The number of benzene rings is 2. The third-order valence-electron chi connectivity index (χ3n) is 3.91. The fraction of sp³-hybridized carbons (Fsp3) is 0.300. The lowest BCUT2D eigenvalue weighted by Gasteiger charge is -2.19. The summed E-state index contributed by atoms with van der Waals surface area (Å²) in [7, 11) is 0. The summed E-state index contributed by atoms with van der Waals surface area (Å²) in [6, 6.07) is 9.97. The summed E-state index contributed by atoms with van der Waals surface area (Å²) in [5, 5.41) is 3.33. The quantitative estimate of drug-likeness (QED) is 0.471. The Morgan fingerprint density at radius 2 is 1.52 bits per heavy atom. The molecule has 0 bridgehead atoms. The molecule has 0 saturated carbocycles. The molecule has 0 aliphatic rings. The highest BCUT2D eigenvalue weighted by Gasteiger charge is 2.21. The number of rotatable bonds is 4. The van der Waals surface area contributed by atoms with E-state index < -0.39 is 18.0 Å². The van der Waals surface area contributed by atoms with Crippen molar-refractivity contribution < 1.29 is 14.3 Å². The van der Waals surface area contributed by atoms with Crippen LogP contribution in [0.5, 0.6) is 0 Å². The Morgan fingerprint density at radius 1 is 0.963 bits per heavy atom. The van der Waals surface area contributed by atoms with E-state index in [0.717, 1.165) is 5.56 Å². The molecule has 0 fully saturated rings. The fourth-order valence-corrected chi connectivity index (χ4v) is 2.84. The molecule has 0 saturated heterocycles. The zero-order valence-electron chi connectivity index (χ0n) is 15.4. The van der Waals surface area contributed by atoms with Crippen LogP contribution in [0.4, 0.5) is 5.69 Å². The molecule has 0 radical (unpaired) electrons. The number of hydrogen-bond acceptors (Lipinski definition) is 3. The van der Waals surface area contributed by atoms with E-state index in [-0.39, 0.29) is 26.2 Å². The monoisotopic (exact) mass is 427 g/mol. The zero-order chi connectivity index (χ0) is 20.4. The Kier molecular flexibility index (Phi) is 6.79. The molecular formula is C20H20Cl3NO3. The highest BCUT2D eigenvalue weighted by Crippen LogP contribution is 2.32. The molecule has 1 atom stereocenters. The molecule has 0 heterocycles. The van der Waals surface area contributed by atoms with Gasteiger partial charge in [0, 0.05) is 0 Å². The van der Waals surface area contributed by atoms with Gasteiger partial charge >= 0.3 is 5.97 Å². The van der Waals surface area contributed by atoms with Crippen molar-refractivity contribution in [3.8, 4) is 0 Å². The van der Waals surface area contributed by atoms with Gasteiger partial charge < -0.3 is 10.1 Å². The van der Waals surface area contributed by atoms with Gasteiger partial charge in [-0.05, 0) is 42.2 Å². The molecule has 2 rings (SSSR count). The average Bonchev–Trinajstić information content (AvgIpc) is 2.58. The number of halogens is 3. The van der Waals surface area contributed by atoms with Gasteiger partial charge in [-0.1, -0.05) is 67.7 Å². The van der Waals surface area contributed by atoms with Crippen LogP contribution in [0.3, 0.4) is 0 Å². The molecular weight excluding hydrogens is 409 g/mol. The Morgan fingerprint density at radius 3 is 2.07 bits per heavy atom. The van der Waals surface area contributed by atoms with Crippen molar-refractivity contribution in [2.24, 2.45) is 0 Å². The first kappa shape index (κ1) is 21.5. The maximum atomic E-state index is 12.3. The second-order valence-electron chi connectivity index (χ2n) is 7.11. The van der Waals surface area contributed by atoms with Crippen LogP contribution in [0.1, 0.15) is 43.6 Å². The van der Waals surface area contributed by atoms with Crippen molar-refractivity contribution in [2.75, 3.05) is 5.32 Å². The van der Waals surface area contributed by atoms with Crippen LogP contribution < -0.4 is 5.32 Å². The number of ether oxygens (including phenoxy) is 1. The van der Waals surface area contributed by atoms with Crippen LogP contribution in [0.15, 0.2) is 36.4 Å². The third kappa shape index (κ3) is 5.61. The Balaban J connectivity index is 2.03. The number of carbonyl (C=O) groups is 2. The lowest BCUT2D eigenvalue weighted by molar-refractivity contribution is -0.123. The highest BCUT2D eigenvalue weighted by atomic mass is 35.5. The van der Waals surface area contributed by atoms with Crippen LogP contribution in [0, 0.1) is 0 Å². The normalized spacial score (nSPS) is 12.4. The van der Waals surface area contributed by atoms with Crippen LogP contribution >= 0.6 is 34.8 Å². The Hall–Kier alpha value is -1.75. The maximum absolute atomic E-state index is 12.3. The second kappa shape index (κ2) is 8.51. The standard InChI is InChI=1S/C20H20Cl3NO3/c1-11(18(25)24-17-10-15(22)14(21)9-16(17)23)27-19(26)12-5-7-13(8-6-12)20(2,3)4/h5-11H,1-4H3,(H,24,25). The minimum atomic E-state index is -1.02. The van der Waals surface area contributed by atoms with E-state index in [1.807, 2.05) is 12.1 Å². The summed E-state index contributed by atoms with van der Waals surface area (Å²) in [4.78, 5) is 24.6. The molecule has 144 valence electrons. The van der Waals surface area contributed by atoms with Gasteiger partial charge in [0.15, 0.2) is 6.10 Å². The van der Waals surface area contributed by atoms with Crippen LogP contribution in [0.2, 0.25) is 15.1 Å². The average molecular weight is 429 g/mol. The summed E-state index contributed by atoms with van der Waals surface area (Å²) in [5.41, 5.74) is 1.73. The fourth-order valence-electron chi connectivity index (χ4n) is 2.24. The van der Waals surface area contributed by atoms with Gasteiger partial charge in [0.25, 0.3) is 5.91 Å². The van der Waals surface area contributed by atoms with E-state index >= 15 is 0 Å². The molecule has 7 heteroatoms. The van der Waals surface area contributed by atoms with E-state index in [0.29, 0.717) is 5.56 Å². The number of anilines is 1. The lowest BCUT2D eigenvalue weighted by Crippen LogP contribution is -2.30. The molecule has 1 N–H and O–H groups in total. The van der Waals surface area contributed by atoms with E-state index in [1.165, 1.54) is 19.1 Å². The van der Waals surface area contributed by atoms with Crippen molar-refractivity contribution in [3.05, 3.63) is 62.6 Å². The van der Waals surface area contributed by atoms with E-state index in [4.69, 9.17) is 39.5 Å². The number of esters is 1. The van der Waals surface area contributed by atoms with Crippen molar-refractivity contribution in [2.45, 2.75) is 39.2 Å². The molecule has 2 aromatic rings. The van der Waals surface area contributed by atoms with E-state index in [2.05, 4.69) is 26.1 Å². The van der Waals surface area contributed by atoms with Crippen molar-refractivity contribution in [1.82, 2.24) is 0 Å². The number of hydrogen-bond donors (Lipinski definition) is 1. The smallest absolute Gasteiger partial charge is 0.338 e. The molecule has 0 aromatic heterocycles. The van der Waals surface area contributed by atoms with E-state index in [1.54, 1.807) is 12.1 Å². The first-order valence-corrected chi connectivity index (χ1v) is 9.39. The predicted molar refractivity (Wildman–Crippen MR) is 110 cm³/mol. The van der Waals surface area contributed by atoms with Crippen molar-refractivity contribution in [1.29, 1.82) is 0 Å². The molecule has 0 aliphatic carbocycles. The number of carbonyl (C=O) groups excluding carboxylic acids is 2. The molecule has 27 heavy (non-hydrogen) atoms. The first-order chi connectivity index (χ1) is 12.5. The number of amides is 1. The summed E-state index contributed by atoms with van der Waals surface area (Å²) in [5.74, 6) is -1.12. The van der Waals surface area contributed by atoms with Gasteiger partial charge in [0.05, 0.1) is 26.3 Å². The lowest BCUT2D eigenvalue weighted by atomic mass is 9.87. The largest absolute Gasteiger partial charge is 0.449 e. The zero-order valence-corrected chi connectivity index (χ0v) is 17.7. The summed E-state index contributed by atoms with van der Waals surface area (Å²) in [6.45, 7) is 7.73. The summed E-state index contributed by atoms with van der Waals surface area (Å²) >= 11 is 17.8. The SMILES string of the molecule is CC(OC(=O)c1ccc(C(C)(C)C)cc1)C(=O)Nc1cc(Cl)c(Cl)cc1Cl. The Labute approximate surface area is 173 Å². The summed E-state index contributed by atoms with van der Waals surface area (Å²) < 4.78 is 5.24. The molecule has 1 unspecified atom stereocenters. The van der Waals surface area contributed by atoms with Crippen molar-refractivity contribution >= 4 is 52.4 Å². The van der Waals surface area contributed by atoms with Crippen LogP contribution in [-0.2, 0) is 14.9 Å². The predicted octanol–water partition coefficient (Wildman–Crippen LogP) is 6.13. The second-order valence-corrected chi connectivity index (χ2v) is 8.33. The third-order valence-corrected chi connectivity index (χ3v) is 4.94. The molecule has 1 amide bonds. The summed E-state index contributed by atoms with van der Waals surface area (Å²) in [6.07, 6.45) is -1.02. The van der Waals surface area contributed by atoms with Crippen LogP contribution in [0.25, 0.3) is 0 Å². The van der Waals surface area contributed by atoms with Crippen molar-refractivity contribution in [3.63, 3.8) is 0 Å². The minimum Gasteiger partial charge on any atom is -0.449 e. The van der Waals surface area contributed by atoms with Gasteiger partial charge in [-0.3, -0.25) is 4.79 Å². The minimum absolute atomic E-state index is 0.0191. The van der Waals surface area contributed by atoms with Crippen LogP contribution in [-0.4, -0.2) is 18.0 Å². The molecule has 0 spiro atoms. The van der Waals surface area contributed by atoms with Gasteiger partial charge in [-0.2, -0.15) is 0 Å². The topological polar surface area (TPSA) is 55.4 Å². The highest BCUT2D eigenvalue weighted by molar-refractivity contribution is 6.44. The van der Waals surface area contributed by atoms with Gasteiger partial charge in [-0.25, -0.2) is 4.79 Å². The Bertz CT molecular complexity index is 858. The molecule has 2 aromatic carbocycles. The maximum Gasteiger partial charge on any atom is 0.338 e. The van der Waals surface area contributed by atoms with E-state index in [9.17, 15) is 9.59 Å². The van der Waals surface area contributed by atoms with Gasteiger partial charge in [-0.15, -0.1) is 0 Å².